The zero-order valence-corrected chi connectivity index (χ0v) is 32.1. The van der Waals surface area contributed by atoms with E-state index < -0.39 is 75.2 Å². The van der Waals surface area contributed by atoms with Crippen LogP contribution in [0.5, 0.6) is 0 Å². The van der Waals surface area contributed by atoms with Crippen molar-refractivity contribution in [1.29, 1.82) is 0 Å². The molecular weight excluding hydrogens is 693 g/mol. The van der Waals surface area contributed by atoms with Crippen molar-refractivity contribution in [3.8, 4) is 0 Å². The van der Waals surface area contributed by atoms with Crippen LogP contribution in [-0.4, -0.2) is 108 Å². The molecular formula is C38H68NO12P. The number of unbranched alkanes of at least 4 members (excludes halogenated alkanes) is 11. The minimum absolute atomic E-state index is 0.269. The van der Waals surface area contributed by atoms with E-state index in [1.807, 2.05) is 6.08 Å². The number of carbonyl (C=O) groups excluding carboxylic acids is 1. The molecule has 0 radical (unpaired) electrons. The molecule has 14 heteroatoms. The summed E-state index contributed by atoms with van der Waals surface area (Å²) in [5.41, 5.74) is 0. The van der Waals surface area contributed by atoms with Crippen LogP contribution in [0.25, 0.3) is 0 Å². The number of phosphoric ester groups is 1. The summed E-state index contributed by atoms with van der Waals surface area (Å²) in [5.74, 6) is -0.622. The highest BCUT2D eigenvalue weighted by Gasteiger charge is 2.51. The van der Waals surface area contributed by atoms with Gasteiger partial charge in [0.1, 0.15) is 36.6 Å². The minimum Gasteiger partial charge on any atom is -0.393 e. The topological polar surface area (TPSA) is 226 Å². The number of nitrogens with one attached hydrogen (secondary N) is 1. The van der Waals surface area contributed by atoms with E-state index in [-0.39, 0.29) is 6.42 Å². The van der Waals surface area contributed by atoms with Crippen LogP contribution in [0.3, 0.4) is 0 Å². The number of carbonyl (C=O) groups is 1. The Balaban J connectivity index is 2.67. The molecule has 1 saturated carbocycles. The lowest BCUT2D eigenvalue weighted by Gasteiger charge is -2.41. The predicted molar refractivity (Wildman–Crippen MR) is 201 cm³/mol. The van der Waals surface area contributed by atoms with Gasteiger partial charge in [0.05, 0.1) is 31.3 Å². The fraction of sp³-hybridized carbons (Fsp3) is 0.763. The molecule has 302 valence electrons. The number of hydrogen-bond donors (Lipinski definition) is 9. The lowest BCUT2D eigenvalue weighted by molar-refractivity contribution is -0.220. The van der Waals surface area contributed by atoms with Gasteiger partial charge < -0.3 is 46.0 Å². The minimum atomic E-state index is -5.14. The molecule has 0 heterocycles. The quantitative estimate of drug-likeness (QED) is 0.0224. The third-order valence-electron chi connectivity index (χ3n) is 8.91. The normalized spacial score (nSPS) is 25.7. The van der Waals surface area contributed by atoms with Crippen LogP contribution in [-0.2, 0) is 18.4 Å². The van der Waals surface area contributed by atoms with Crippen LogP contribution in [0.2, 0.25) is 0 Å². The summed E-state index contributed by atoms with van der Waals surface area (Å²) in [4.78, 5) is 23.2. The third-order valence-corrected chi connectivity index (χ3v) is 9.90. The Hall–Kier alpha value is -1.74. The van der Waals surface area contributed by atoms with Gasteiger partial charge in [-0.3, -0.25) is 13.8 Å². The maximum atomic E-state index is 12.9. The first-order valence-electron chi connectivity index (χ1n) is 19.2. The smallest absolute Gasteiger partial charge is 0.393 e. The van der Waals surface area contributed by atoms with Gasteiger partial charge in [-0.1, -0.05) is 107 Å². The number of aliphatic hydroxyl groups excluding tert-OH is 7. The number of amides is 1. The number of phosphoric acid groups is 1. The van der Waals surface area contributed by atoms with E-state index in [1.165, 1.54) is 31.8 Å². The van der Waals surface area contributed by atoms with Gasteiger partial charge in [-0.05, 0) is 57.8 Å². The molecule has 8 atom stereocenters. The molecule has 8 unspecified atom stereocenters. The van der Waals surface area contributed by atoms with Gasteiger partial charge in [0, 0.05) is 0 Å². The second-order valence-electron chi connectivity index (χ2n) is 13.6. The molecule has 9 N–H and O–H groups in total. The van der Waals surface area contributed by atoms with Crippen molar-refractivity contribution in [1.82, 2.24) is 5.32 Å². The summed E-state index contributed by atoms with van der Waals surface area (Å²) < 4.78 is 22.7. The molecule has 1 amide bonds. The maximum absolute atomic E-state index is 12.9. The highest BCUT2D eigenvalue weighted by Crippen LogP contribution is 2.47. The van der Waals surface area contributed by atoms with Gasteiger partial charge in [-0.25, -0.2) is 4.57 Å². The lowest BCUT2D eigenvalue weighted by atomic mass is 9.85. The van der Waals surface area contributed by atoms with Crippen LogP contribution in [0.4, 0.5) is 0 Å². The van der Waals surface area contributed by atoms with E-state index in [9.17, 15) is 50.0 Å². The Bertz CT molecular complexity index is 1090. The summed E-state index contributed by atoms with van der Waals surface area (Å²) in [6, 6.07) is -1.26. The number of aliphatic hydroxyl groups is 7. The average molecular weight is 762 g/mol. The SMILES string of the molecule is CCCCC/C=C\C=C/CCCCCCC(O)CC(=O)NC(COP(=O)(O)OC1C(O)C(O)C(O)C(O)C1O)C(O)/C=C/CC/C=C/CCCCC. The first-order chi connectivity index (χ1) is 24.8. The van der Waals surface area contributed by atoms with Crippen molar-refractivity contribution in [2.75, 3.05) is 6.61 Å². The molecule has 0 aliphatic heterocycles. The number of allylic oxidation sites excluding steroid dienone is 7. The third kappa shape index (κ3) is 21.2. The van der Waals surface area contributed by atoms with Gasteiger partial charge in [0.25, 0.3) is 0 Å². The molecule has 0 aromatic rings. The fourth-order valence-electron chi connectivity index (χ4n) is 5.66. The van der Waals surface area contributed by atoms with Crippen molar-refractivity contribution in [2.24, 2.45) is 0 Å². The fourth-order valence-corrected chi connectivity index (χ4v) is 6.62. The van der Waals surface area contributed by atoms with Crippen molar-refractivity contribution >= 4 is 13.7 Å². The zero-order chi connectivity index (χ0) is 38.8. The largest absolute Gasteiger partial charge is 0.472 e. The molecule has 0 saturated heterocycles. The second kappa shape index (κ2) is 28.7. The van der Waals surface area contributed by atoms with Gasteiger partial charge in [-0.15, -0.1) is 0 Å². The Morgan fingerprint density at radius 3 is 1.79 bits per heavy atom. The van der Waals surface area contributed by atoms with Crippen molar-refractivity contribution in [2.45, 2.75) is 178 Å². The standard InChI is InChI=1S/C38H68NO12P/c1-3-5-7-9-11-13-14-15-16-18-19-21-23-25-29(40)27-32(42)39-30(31(41)26-24-22-20-17-12-10-8-6-4-2)28-50-52(48,49)51-38-36(46)34(44)33(43)35(45)37(38)47/h11-15,17,24,26,29-31,33-38,40-41,43-47H,3-10,16,18-23,25,27-28H2,1-2H3,(H,39,42)(H,48,49)/b13-11-,15-14-,17-12+,26-24+. The summed E-state index contributed by atoms with van der Waals surface area (Å²) in [6.07, 6.45) is 16.7. The van der Waals surface area contributed by atoms with E-state index in [0.29, 0.717) is 12.8 Å². The van der Waals surface area contributed by atoms with Crippen molar-refractivity contribution < 1.29 is 59.0 Å². The molecule has 1 aliphatic rings. The molecule has 52 heavy (non-hydrogen) atoms. The van der Waals surface area contributed by atoms with Crippen LogP contribution in [0.15, 0.2) is 48.6 Å². The molecule has 13 nitrogen and oxygen atoms in total. The molecule has 0 bridgehead atoms. The molecule has 0 aromatic heterocycles. The van der Waals surface area contributed by atoms with Crippen molar-refractivity contribution in [3.05, 3.63) is 48.6 Å². The maximum Gasteiger partial charge on any atom is 0.472 e. The summed E-state index contributed by atoms with van der Waals surface area (Å²) >= 11 is 0. The average Bonchev–Trinajstić information content (AvgIpc) is 3.11. The van der Waals surface area contributed by atoms with Gasteiger partial charge in [-0.2, -0.15) is 0 Å². The highest BCUT2D eigenvalue weighted by molar-refractivity contribution is 7.47. The van der Waals surface area contributed by atoms with E-state index in [4.69, 9.17) is 9.05 Å². The predicted octanol–water partition coefficient (Wildman–Crippen LogP) is 4.41. The summed E-state index contributed by atoms with van der Waals surface area (Å²) in [6.45, 7) is 3.57. The van der Waals surface area contributed by atoms with Crippen LogP contribution < -0.4 is 5.32 Å². The van der Waals surface area contributed by atoms with Gasteiger partial charge in [0.15, 0.2) is 0 Å². The Kier molecular flexibility index (Phi) is 26.6. The highest BCUT2D eigenvalue weighted by atomic mass is 31.2. The lowest BCUT2D eigenvalue weighted by Crippen LogP contribution is -2.64. The molecule has 0 aromatic carbocycles. The molecule has 1 fully saturated rings. The van der Waals surface area contributed by atoms with Gasteiger partial charge in [0.2, 0.25) is 5.91 Å². The molecule has 1 aliphatic carbocycles. The van der Waals surface area contributed by atoms with Crippen LogP contribution in [0.1, 0.15) is 123 Å². The molecule has 1 rings (SSSR count). The van der Waals surface area contributed by atoms with Gasteiger partial charge >= 0.3 is 7.82 Å². The van der Waals surface area contributed by atoms with E-state index in [0.717, 1.165) is 64.2 Å². The number of hydrogen-bond acceptors (Lipinski definition) is 11. The monoisotopic (exact) mass is 761 g/mol. The molecule has 0 spiro atoms. The van der Waals surface area contributed by atoms with Crippen molar-refractivity contribution in [3.63, 3.8) is 0 Å². The van der Waals surface area contributed by atoms with Crippen LogP contribution in [0, 0.1) is 0 Å². The second-order valence-corrected chi connectivity index (χ2v) is 15.0. The van der Waals surface area contributed by atoms with E-state index >= 15 is 0 Å². The van der Waals surface area contributed by atoms with Crippen LogP contribution >= 0.6 is 7.82 Å². The first kappa shape index (κ1) is 48.3. The summed E-state index contributed by atoms with van der Waals surface area (Å²) in [5, 5.41) is 73.9. The Labute approximate surface area is 310 Å². The number of rotatable bonds is 29. The Morgan fingerprint density at radius 1 is 0.692 bits per heavy atom. The Morgan fingerprint density at radius 2 is 1.19 bits per heavy atom. The van der Waals surface area contributed by atoms with E-state index in [1.54, 1.807) is 6.08 Å². The van der Waals surface area contributed by atoms with E-state index in [2.05, 4.69) is 49.5 Å². The zero-order valence-electron chi connectivity index (χ0n) is 31.2. The summed E-state index contributed by atoms with van der Waals surface area (Å²) in [7, 11) is -5.14. The first-order valence-corrected chi connectivity index (χ1v) is 20.7.